The number of carbonyl (C=O) groups is 1. The number of hydrogen-bond acceptors (Lipinski definition) is 4. The zero-order valence-electron chi connectivity index (χ0n) is 11.8. The molecule has 0 bridgehead atoms. The molecule has 0 aromatic carbocycles. The molecule has 0 aromatic rings. The number of hydrogen-bond donors (Lipinski definition) is 1. The Morgan fingerprint density at radius 2 is 2.06 bits per heavy atom. The third-order valence-corrected chi connectivity index (χ3v) is 3.33. The second-order valence-corrected chi connectivity index (χ2v) is 5.20. The summed E-state index contributed by atoms with van der Waals surface area (Å²) in [5, 5.41) is 9.10. The van der Waals surface area contributed by atoms with Crippen LogP contribution in [0.15, 0.2) is 0 Å². The lowest BCUT2D eigenvalue weighted by molar-refractivity contribution is -0.141. The fourth-order valence-corrected chi connectivity index (χ4v) is 2.25. The van der Waals surface area contributed by atoms with E-state index in [2.05, 4.69) is 11.9 Å². The predicted molar refractivity (Wildman–Crippen MR) is 70.4 cm³/mol. The Bertz CT molecular complexity index is 251. The minimum atomic E-state index is -0.00713. The molecule has 1 N–H and O–H groups in total. The lowest BCUT2D eigenvalue weighted by Gasteiger charge is -2.37. The Hall–Kier alpha value is -0.650. The molecule has 106 valence electrons. The van der Waals surface area contributed by atoms with Gasteiger partial charge in [-0.05, 0) is 46.8 Å². The summed E-state index contributed by atoms with van der Waals surface area (Å²) in [6, 6.07) is 0.247. The van der Waals surface area contributed by atoms with E-state index in [1.165, 1.54) is 0 Å². The topological polar surface area (TPSA) is 53.0 Å². The Balaban J connectivity index is 2.49. The number of aliphatic hydroxyl groups is 1. The van der Waals surface area contributed by atoms with Crippen LogP contribution in [0.4, 0.5) is 0 Å². The average molecular weight is 258 g/mol. The van der Waals surface area contributed by atoms with Gasteiger partial charge in [-0.25, -0.2) is 0 Å². The van der Waals surface area contributed by atoms with Gasteiger partial charge in [-0.2, -0.15) is 0 Å². The molecule has 1 amide bonds. The molecule has 5 heteroatoms. The van der Waals surface area contributed by atoms with Gasteiger partial charge in [0, 0.05) is 12.6 Å². The molecule has 1 fully saturated rings. The first-order chi connectivity index (χ1) is 8.54. The van der Waals surface area contributed by atoms with Crippen LogP contribution in [0.2, 0.25) is 0 Å². The fourth-order valence-electron chi connectivity index (χ4n) is 2.25. The van der Waals surface area contributed by atoms with Crippen LogP contribution in [-0.4, -0.2) is 72.9 Å². The smallest absolute Gasteiger partial charge is 0.248 e. The van der Waals surface area contributed by atoms with Crippen LogP contribution in [0.25, 0.3) is 0 Å². The monoisotopic (exact) mass is 258 g/mol. The van der Waals surface area contributed by atoms with Crippen molar-refractivity contribution in [3.63, 3.8) is 0 Å². The molecule has 1 aliphatic rings. The predicted octanol–water partition coefficient (Wildman–Crippen LogP) is 0.327. The molecule has 1 aliphatic heterocycles. The summed E-state index contributed by atoms with van der Waals surface area (Å²) in [5.74, 6) is -0.00713. The summed E-state index contributed by atoms with van der Waals surface area (Å²) >= 11 is 0. The molecule has 1 rings (SSSR count). The van der Waals surface area contributed by atoms with Crippen molar-refractivity contribution in [2.45, 2.75) is 38.8 Å². The third-order valence-electron chi connectivity index (χ3n) is 3.33. The number of rotatable bonds is 6. The third kappa shape index (κ3) is 4.92. The molecule has 18 heavy (non-hydrogen) atoms. The van der Waals surface area contributed by atoms with Gasteiger partial charge in [0.1, 0.15) is 6.61 Å². The molecular weight excluding hydrogens is 232 g/mol. The van der Waals surface area contributed by atoms with Crippen LogP contribution < -0.4 is 0 Å². The molecule has 1 heterocycles. The first-order valence-electron chi connectivity index (χ1n) is 6.75. The largest absolute Gasteiger partial charge is 0.395 e. The number of nitrogens with zero attached hydrogens (tertiary/aromatic N) is 2. The maximum absolute atomic E-state index is 12.1. The second kappa shape index (κ2) is 7.71. The van der Waals surface area contributed by atoms with E-state index in [-0.39, 0.29) is 31.3 Å². The van der Waals surface area contributed by atoms with Crippen LogP contribution in [0.3, 0.4) is 0 Å². The van der Waals surface area contributed by atoms with Gasteiger partial charge in [0.25, 0.3) is 0 Å². The zero-order valence-corrected chi connectivity index (χ0v) is 11.8. The number of carbonyl (C=O) groups excluding carboxylic acids is 1. The van der Waals surface area contributed by atoms with E-state index < -0.39 is 0 Å². The molecule has 0 spiro atoms. The highest BCUT2D eigenvalue weighted by atomic mass is 16.5. The summed E-state index contributed by atoms with van der Waals surface area (Å²) in [6.45, 7) is 6.38. The summed E-state index contributed by atoms with van der Waals surface area (Å²) in [5.41, 5.74) is 0. The Morgan fingerprint density at radius 3 is 2.56 bits per heavy atom. The molecule has 0 unspecified atom stereocenters. The lowest BCUT2D eigenvalue weighted by Crippen LogP contribution is -2.48. The van der Waals surface area contributed by atoms with E-state index in [1.54, 1.807) is 4.90 Å². The molecule has 0 atom stereocenters. The summed E-state index contributed by atoms with van der Waals surface area (Å²) in [6.07, 6.45) is 2.01. The minimum Gasteiger partial charge on any atom is -0.395 e. The van der Waals surface area contributed by atoms with Crippen LogP contribution in [-0.2, 0) is 9.53 Å². The van der Waals surface area contributed by atoms with Gasteiger partial charge in [-0.3, -0.25) is 4.79 Å². The molecule has 1 saturated heterocycles. The number of amides is 1. The van der Waals surface area contributed by atoms with Crippen molar-refractivity contribution in [3.8, 4) is 0 Å². The number of piperidine rings is 1. The van der Waals surface area contributed by atoms with Crippen LogP contribution >= 0.6 is 0 Å². The van der Waals surface area contributed by atoms with Gasteiger partial charge >= 0.3 is 0 Å². The number of ether oxygens (including phenoxy) is 1. The minimum absolute atomic E-state index is 0.00713. The SMILES string of the molecule is CC(C)OCC(=O)N(CCO)C1CCN(C)CC1. The average Bonchev–Trinajstić information content (AvgIpc) is 2.34. The van der Waals surface area contributed by atoms with Crippen molar-refractivity contribution in [3.05, 3.63) is 0 Å². The van der Waals surface area contributed by atoms with Gasteiger partial charge in [0.2, 0.25) is 5.91 Å². The molecular formula is C13H26N2O3. The van der Waals surface area contributed by atoms with Crippen molar-refractivity contribution in [1.82, 2.24) is 9.80 Å². The Kier molecular flexibility index (Phi) is 6.60. The lowest BCUT2D eigenvalue weighted by atomic mass is 10.0. The van der Waals surface area contributed by atoms with Crippen LogP contribution in [0.5, 0.6) is 0 Å². The molecule has 5 nitrogen and oxygen atoms in total. The summed E-state index contributed by atoms with van der Waals surface area (Å²) < 4.78 is 5.36. The van der Waals surface area contributed by atoms with E-state index in [9.17, 15) is 4.79 Å². The Labute approximate surface area is 110 Å². The van der Waals surface area contributed by atoms with Gasteiger partial charge in [-0.1, -0.05) is 0 Å². The van der Waals surface area contributed by atoms with Crippen LogP contribution in [0.1, 0.15) is 26.7 Å². The standard InChI is InChI=1S/C13H26N2O3/c1-11(2)18-10-13(17)15(8-9-16)12-4-6-14(3)7-5-12/h11-12,16H,4-10H2,1-3H3. The highest BCUT2D eigenvalue weighted by molar-refractivity contribution is 5.77. The van der Waals surface area contributed by atoms with Crippen molar-refractivity contribution >= 4 is 5.91 Å². The summed E-state index contributed by atoms with van der Waals surface area (Å²) in [4.78, 5) is 16.1. The Morgan fingerprint density at radius 1 is 1.44 bits per heavy atom. The van der Waals surface area contributed by atoms with E-state index in [0.717, 1.165) is 25.9 Å². The molecule has 0 radical (unpaired) electrons. The molecule has 0 aliphatic carbocycles. The van der Waals surface area contributed by atoms with Crippen LogP contribution in [0, 0.1) is 0 Å². The zero-order chi connectivity index (χ0) is 13.5. The van der Waals surface area contributed by atoms with Crippen molar-refractivity contribution in [1.29, 1.82) is 0 Å². The van der Waals surface area contributed by atoms with Crippen molar-refractivity contribution in [2.75, 3.05) is 39.9 Å². The maximum Gasteiger partial charge on any atom is 0.248 e. The second-order valence-electron chi connectivity index (χ2n) is 5.20. The molecule has 0 aromatic heterocycles. The molecule has 0 saturated carbocycles. The highest BCUT2D eigenvalue weighted by Crippen LogP contribution is 2.15. The number of aliphatic hydroxyl groups excluding tert-OH is 1. The van der Waals surface area contributed by atoms with Gasteiger partial charge in [0.05, 0.1) is 12.7 Å². The quantitative estimate of drug-likeness (QED) is 0.746. The summed E-state index contributed by atoms with van der Waals surface area (Å²) in [7, 11) is 2.09. The van der Waals surface area contributed by atoms with Crippen molar-refractivity contribution in [2.24, 2.45) is 0 Å². The highest BCUT2D eigenvalue weighted by Gasteiger charge is 2.26. The van der Waals surface area contributed by atoms with Gasteiger partial charge in [0.15, 0.2) is 0 Å². The normalized spacial score (nSPS) is 18.3. The van der Waals surface area contributed by atoms with E-state index in [1.807, 2.05) is 13.8 Å². The maximum atomic E-state index is 12.1. The van der Waals surface area contributed by atoms with Crippen molar-refractivity contribution < 1.29 is 14.6 Å². The first-order valence-corrected chi connectivity index (χ1v) is 6.75. The number of likely N-dealkylation sites (tertiary alicyclic amines) is 1. The van der Waals surface area contributed by atoms with Gasteiger partial charge in [-0.15, -0.1) is 0 Å². The van der Waals surface area contributed by atoms with E-state index in [0.29, 0.717) is 6.54 Å². The fraction of sp³-hybridized carbons (Fsp3) is 0.923. The van der Waals surface area contributed by atoms with E-state index in [4.69, 9.17) is 9.84 Å². The van der Waals surface area contributed by atoms with E-state index >= 15 is 0 Å². The first kappa shape index (κ1) is 15.4. The van der Waals surface area contributed by atoms with Gasteiger partial charge < -0.3 is 19.6 Å².